The van der Waals surface area contributed by atoms with Gasteiger partial charge in [-0.1, -0.05) is 38.5 Å². The molecular weight excluding hydrogens is 280 g/mol. The Morgan fingerprint density at radius 2 is 1.00 bits per heavy atom. The second-order valence-electron chi connectivity index (χ2n) is 7.05. The van der Waals surface area contributed by atoms with Crippen LogP contribution in [0.25, 0.3) is 0 Å². The minimum absolute atomic E-state index is 0.0119. The van der Waals surface area contributed by atoms with Gasteiger partial charge in [-0.15, -0.1) is 0 Å². The Hall–Kier alpha value is -0.740. The third-order valence-corrected chi connectivity index (χ3v) is 5.22. The van der Waals surface area contributed by atoms with Crippen molar-refractivity contribution in [2.45, 2.75) is 90.3 Å². The van der Waals surface area contributed by atoms with Crippen molar-refractivity contribution in [1.29, 1.82) is 0 Å². The second kappa shape index (κ2) is 8.78. The Morgan fingerprint density at radius 3 is 1.27 bits per heavy atom. The fourth-order valence-electron chi connectivity index (χ4n) is 3.95. The van der Waals surface area contributed by atoms with Crippen molar-refractivity contribution in [1.82, 2.24) is 0 Å². The van der Waals surface area contributed by atoms with Gasteiger partial charge < -0.3 is 0 Å². The molecule has 0 spiro atoms. The predicted octanol–water partition coefficient (Wildman–Crippen LogP) is 4.01. The lowest BCUT2D eigenvalue weighted by Gasteiger charge is -2.31. The normalized spacial score (nSPS) is 23.9. The monoisotopic (exact) mass is 310 g/mol. The molecule has 2 saturated carbocycles. The molecule has 2 atom stereocenters. The maximum atomic E-state index is 11.9. The molecule has 0 aromatic carbocycles. The molecule has 0 aliphatic heterocycles. The lowest BCUT2D eigenvalue weighted by Crippen LogP contribution is -2.38. The molecule has 2 unspecified atom stereocenters. The van der Waals surface area contributed by atoms with Crippen LogP contribution in [0.3, 0.4) is 0 Å². The fraction of sp³-hybridized carbons (Fsp3) is 0.889. The van der Waals surface area contributed by atoms with Crippen LogP contribution in [-0.4, -0.2) is 23.8 Å². The highest BCUT2D eigenvalue weighted by Gasteiger charge is 2.33. The van der Waals surface area contributed by atoms with Crippen molar-refractivity contribution in [3.63, 3.8) is 0 Å². The van der Waals surface area contributed by atoms with E-state index in [4.69, 9.17) is 9.78 Å². The van der Waals surface area contributed by atoms with E-state index in [-0.39, 0.29) is 23.4 Å². The van der Waals surface area contributed by atoms with Crippen molar-refractivity contribution < 1.29 is 19.4 Å². The molecule has 4 heteroatoms. The van der Waals surface area contributed by atoms with Crippen LogP contribution in [0.4, 0.5) is 0 Å². The van der Waals surface area contributed by atoms with Crippen LogP contribution in [0.2, 0.25) is 0 Å². The molecule has 0 aromatic rings. The van der Waals surface area contributed by atoms with Gasteiger partial charge in [0, 0.05) is 0 Å². The van der Waals surface area contributed by atoms with Gasteiger partial charge in [-0.05, 0) is 51.4 Å². The third-order valence-electron chi connectivity index (χ3n) is 5.22. The second-order valence-corrected chi connectivity index (χ2v) is 7.05. The third kappa shape index (κ3) is 4.88. The molecule has 0 aromatic heterocycles. The van der Waals surface area contributed by atoms with Crippen molar-refractivity contribution in [3.8, 4) is 0 Å². The molecule has 0 amide bonds. The highest BCUT2D eigenvalue weighted by atomic mass is 17.2. The molecule has 0 bridgehead atoms. The number of carbonyl (C=O) groups excluding carboxylic acids is 2. The maximum Gasteiger partial charge on any atom is 0.162 e. The summed E-state index contributed by atoms with van der Waals surface area (Å²) in [5.41, 5.74) is 0. The first-order valence-electron chi connectivity index (χ1n) is 8.92. The van der Waals surface area contributed by atoms with Gasteiger partial charge in [0.2, 0.25) is 0 Å². The largest absolute Gasteiger partial charge is 0.297 e. The highest BCUT2D eigenvalue weighted by Crippen LogP contribution is 2.31. The highest BCUT2D eigenvalue weighted by molar-refractivity contribution is 5.81. The van der Waals surface area contributed by atoms with E-state index < -0.39 is 12.2 Å². The van der Waals surface area contributed by atoms with Crippen molar-refractivity contribution >= 4 is 11.6 Å². The summed E-state index contributed by atoms with van der Waals surface area (Å²) >= 11 is 0. The fourth-order valence-corrected chi connectivity index (χ4v) is 3.95. The van der Waals surface area contributed by atoms with E-state index in [2.05, 4.69) is 0 Å². The van der Waals surface area contributed by atoms with Gasteiger partial charge in [0.15, 0.2) is 23.8 Å². The smallest absolute Gasteiger partial charge is 0.162 e. The summed E-state index contributed by atoms with van der Waals surface area (Å²) in [7, 11) is 0. The molecule has 2 aliphatic rings. The maximum absolute atomic E-state index is 11.9. The average Bonchev–Trinajstić information content (AvgIpc) is 2.52. The molecule has 0 N–H and O–H groups in total. The first kappa shape index (κ1) is 17.6. The summed E-state index contributed by atoms with van der Waals surface area (Å²) in [6, 6.07) is 0. The summed E-state index contributed by atoms with van der Waals surface area (Å²) in [6.07, 6.45) is 10.1. The van der Waals surface area contributed by atoms with Crippen molar-refractivity contribution in [3.05, 3.63) is 0 Å². The lowest BCUT2D eigenvalue weighted by atomic mass is 9.84. The topological polar surface area (TPSA) is 52.6 Å². The van der Waals surface area contributed by atoms with Crippen LogP contribution in [0.15, 0.2) is 0 Å². The Labute approximate surface area is 133 Å². The Kier molecular flexibility index (Phi) is 7.03. The zero-order chi connectivity index (χ0) is 15.9. The first-order valence-corrected chi connectivity index (χ1v) is 8.92. The summed E-state index contributed by atoms with van der Waals surface area (Å²) in [4.78, 5) is 34.9. The van der Waals surface area contributed by atoms with Gasteiger partial charge >= 0.3 is 0 Å². The van der Waals surface area contributed by atoms with Crippen LogP contribution < -0.4 is 0 Å². The molecule has 0 heterocycles. The Balaban J connectivity index is 1.92. The zero-order valence-corrected chi connectivity index (χ0v) is 14.0. The first-order chi connectivity index (χ1) is 10.6. The molecule has 2 fully saturated rings. The predicted molar refractivity (Wildman–Crippen MR) is 84.3 cm³/mol. The molecule has 4 nitrogen and oxygen atoms in total. The van der Waals surface area contributed by atoms with Crippen molar-refractivity contribution in [2.75, 3.05) is 0 Å². The van der Waals surface area contributed by atoms with E-state index in [0.29, 0.717) is 0 Å². The molecule has 22 heavy (non-hydrogen) atoms. The van der Waals surface area contributed by atoms with Gasteiger partial charge in [0.1, 0.15) is 0 Å². The van der Waals surface area contributed by atoms with E-state index in [1.54, 1.807) is 13.8 Å². The van der Waals surface area contributed by atoms with E-state index >= 15 is 0 Å². The lowest BCUT2D eigenvalue weighted by molar-refractivity contribution is -0.351. The quantitative estimate of drug-likeness (QED) is 0.526. The average molecular weight is 310 g/mol. The Bertz CT molecular complexity index is 331. The minimum Gasteiger partial charge on any atom is -0.297 e. The summed E-state index contributed by atoms with van der Waals surface area (Å²) in [5.74, 6) is 0.506. The number of hydrogen-bond acceptors (Lipinski definition) is 4. The molecule has 0 saturated heterocycles. The van der Waals surface area contributed by atoms with Crippen LogP contribution in [0, 0.1) is 11.8 Å². The molecule has 2 aliphatic carbocycles. The molecule has 2 rings (SSSR count). The number of Topliss-reactive ketones (excluding diaryl/α,β-unsaturated/α-hetero) is 2. The van der Waals surface area contributed by atoms with E-state index in [1.807, 2.05) is 0 Å². The number of ketones is 2. The van der Waals surface area contributed by atoms with E-state index in [1.165, 1.54) is 12.8 Å². The Morgan fingerprint density at radius 1 is 0.682 bits per heavy atom. The molecule has 0 radical (unpaired) electrons. The number of rotatable bonds is 7. The van der Waals surface area contributed by atoms with Crippen LogP contribution in [0.1, 0.15) is 78.1 Å². The van der Waals surface area contributed by atoms with Crippen molar-refractivity contribution in [2.24, 2.45) is 11.8 Å². The van der Waals surface area contributed by atoms with Gasteiger partial charge in [-0.3, -0.25) is 9.59 Å². The van der Waals surface area contributed by atoms with E-state index in [9.17, 15) is 9.59 Å². The van der Waals surface area contributed by atoms with Crippen LogP contribution in [0.5, 0.6) is 0 Å². The van der Waals surface area contributed by atoms with Gasteiger partial charge in [-0.25, -0.2) is 9.78 Å². The van der Waals surface area contributed by atoms with E-state index in [0.717, 1.165) is 51.4 Å². The zero-order valence-electron chi connectivity index (χ0n) is 14.0. The van der Waals surface area contributed by atoms with Crippen LogP contribution >= 0.6 is 0 Å². The summed E-state index contributed by atoms with van der Waals surface area (Å²) < 4.78 is 0. The van der Waals surface area contributed by atoms with Gasteiger partial charge in [0.05, 0.1) is 0 Å². The SMILES string of the molecule is CC(=O)C(OOC(C(C)=O)C1CCCCC1)C1CCCCC1. The minimum atomic E-state index is -0.509. The van der Waals surface area contributed by atoms with Crippen LogP contribution in [-0.2, 0) is 19.4 Å². The summed E-state index contributed by atoms with van der Waals surface area (Å²) in [6.45, 7) is 3.12. The number of hydrogen-bond donors (Lipinski definition) is 0. The van der Waals surface area contributed by atoms with Gasteiger partial charge in [0.25, 0.3) is 0 Å². The standard InChI is InChI=1S/C18H30O4/c1-13(19)17(15-9-5-3-6-10-15)21-22-18(14(2)20)16-11-7-4-8-12-16/h15-18H,3-12H2,1-2H3. The number of carbonyl (C=O) groups is 2. The molecular formula is C18H30O4. The van der Waals surface area contributed by atoms with Gasteiger partial charge in [-0.2, -0.15) is 0 Å². The molecule has 126 valence electrons. The summed E-state index contributed by atoms with van der Waals surface area (Å²) in [5, 5.41) is 0.